The second-order valence-electron chi connectivity index (χ2n) is 6.42. The Bertz CT molecular complexity index is 967. The Kier molecular flexibility index (Phi) is 4.20. The number of aryl methyl sites for hydroxylation is 1. The van der Waals surface area contributed by atoms with Crippen molar-refractivity contribution in [2.45, 2.75) is 13.3 Å². The Morgan fingerprint density at radius 2 is 2.31 bits per heavy atom. The van der Waals surface area contributed by atoms with Gasteiger partial charge in [-0.05, 0) is 25.0 Å². The largest absolute Gasteiger partial charge is 0.497 e. The van der Waals surface area contributed by atoms with Crippen molar-refractivity contribution >= 4 is 11.6 Å². The molecular formula is C19H20N4O3. The van der Waals surface area contributed by atoms with Crippen LogP contribution in [0, 0.1) is 12.8 Å². The molecule has 1 aromatic carbocycles. The van der Waals surface area contributed by atoms with E-state index in [-0.39, 0.29) is 11.8 Å². The summed E-state index contributed by atoms with van der Waals surface area (Å²) >= 11 is 0. The monoisotopic (exact) mass is 352 g/mol. The smallest absolute Gasteiger partial charge is 0.254 e. The lowest BCUT2D eigenvalue weighted by atomic mass is 9.96. The number of carbonyl (C=O) groups excluding carboxylic acids is 1. The van der Waals surface area contributed by atoms with Gasteiger partial charge in [-0.2, -0.15) is 5.10 Å². The minimum absolute atomic E-state index is 0.145. The van der Waals surface area contributed by atoms with Crippen LogP contribution in [-0.4, -0.2) is 40.8 Å². The molecule has 2 aromatic heterocycles. The second kappa shape index (κ2) is 6.67. The number of aromatic nitrogens is 3. The van der Waals surface area contributed by atoms with E-state index in [0.29, 0.717) is 18.7 Å². The van der Waals surface area contributed by atoms with Gasteiger partial charge >= 0.3 is 0 Å². The molecule has 134 valence electrons. The van der Waals surface area contributed by atoms with Gasteiger partial charge < -0.3 is 14.8 Å². The van der Waals surface area contributed by atoms with Crippen LogP contribution in [0.2, 0.25) is 0 Å². The van der Waals surface area contributed by atoms with E-state index in [1.165, 1.54) is 0 Å². The maximum absolute atomic E-state index is 12.6. The van der Waals surface area contributed by atoms with Crippen LogP contribution in [0.3, 0.4) is 0 Å². The van der Waals surface area contributed by atoms with E-state index in [0.717, 1.165) is 34.8 Å². The molecule has 0 unspecified atom stereocenters. The summed E-state index contributed by atoms with van der Waals surface area (Å²) in [5.41, 5.74) is 3.16. The van der Waals surface area contributed by atoms with E-state index in [1.807, 2.05) is 25.1 Å². The van der Waals surface area contributed by atoms with Gasteiger partial charge in [0.15, 0.2) is 5.65 Å². The zero-order valence-electron chi connectivity index (χ0n) is 14.7. The molecule has 7 heteroatoms. The van der Waals surface area contributed by atoms with Crippen molar-refractivity contribution in [1.29, 1.82) is 0 Å². The number of nitrogens with one attached hydrogen (secondary N) is 1. The highest BCUT2D eigenvalue weighted by molar-refractivity contribution is 5.95. The van der Waals surface area contributed by atoms with Crippen LogP contribution >= 0.6 is 0 Å². The summed E-state index contributed by atoms with van der Waals surface area (Å²) in [6.07, 6.45) is 4.12. The zero-order valence-corrected chi connectivity index (χ0v) is 14.7. The minimum atomic E-state index is -0.145. The molecule has 0 fully saturated rings. The predicted molar refractivity (Wildman–Crippen MR) is 95.7 cm³/mol. The van der Waals surface area contributed by atoms with Gasteiger partial charge in [-0.15, -0.1) is 0 Å². The van der Waals surface area contributed by atoms with Gasteiger partial charge in [0.25, 0.3) is 5.91 Å². The van der Waals surface area contributed by atoms with E-state index in [1.54, 1.807) is 30.1 Å². The first-order valence-corrected chi connectivity index (χ1v) is 8.53. The molecule has 0 spiro atoms. The maximum atomic E-state index is 12.6. The lowest BCUT2D eigenvalue weighted by Crippen LogP contribution is -2.35. The zero-order chi connectivity index (χ0) is 18.1. The van der Waals surface area contributed by atoms with Gasteiger partial charge in [0.2, 0.25) is 0 Å². The average Bonchev–Trinajstić information content (AvgIpc) is 3.15. The third-order valence-corrected chi connectivity index (χ3v) is 4.71. The van der Waals surface area contributed by atoms with Crippen molar-refractivity contribution in [1.82, 2.24) is 19.9 Å². The highest BCUT2D eigenvalue weighted by Crippen LogP contribution is 2.30. The molecule has 1 aliphatic heterocycles. The highest BCUT2D eigenvalue weighted by Gasteiger charge is 2.22. The van der Waals surface area contributed by atoms with Crippen molar-refractivity contribution in [2.75, 3.05) is 20.3 Å². The first-order chi connectivity index (χ1) is 12.7. The second-order valence-corrected chi connectivity index (χ2v) is 6.42. The van der Waals surface area contributed by atoms with E-state index in [2.05, 4.69) is 15.4 Å². The Morgan fingerprint density at radius 3 is 3.15 bits per heavy atom. The molecule has 4 rings (SSSR count). The molecule has 26 heavy (non-hydrogen) atoms. The van der Waals surface area contributed by atoms with Crippen LogP contribution in [-0.2, 0) is 6.42 Å². The number of ether oxygens (including phenoxy) is 2. The van der Waals surface area contributed by atoms with Gasteiger partial charge in [-0.25, -0.2) is 9.50 Å². The van der Waals surface area contributed by atoms with Gasteiger partial charge in [0, 0.05) is 30.8 Å². The Labute approximate surface area is 151 Å². The number of fused-ring (bicyclic) bond motifs is 2. The molecule has 1 amide bonds. The number of rotatable bonds is 4. The fourth-order valence-electron chi connectivity index (χ4n) is 3.22. The van der Waals surface area contributed by atoms with Crippen LogP contribution < -0.4 is 14.8 Å². The minimum Gasteiger partial charge on any atom is -0.497 e. The molecule has 0 saturated carbocycles. The molecule has 1 aliphatic rings. The maximum Gasteiger partial charge on any atom is 0.254 e. The lowest BCUT2D eigenvalue weighted by molar-refractivity contribution is 0.0937. The first-order valence-electron chi connectivity index (χ1n) is 8.53. The van der Waals surface area contributed by atoms with Crippen LogP contribution in [0.25, 0.3) is 5.65 Å². The number of hydrogen-bond acceptors (Lipinski definition) is 5. The molecule has 0 bridgehead atoms. The quantitative estimate of drug-likeness (QED) is 0.777. The van der Waals surface area contributed by atoms with Crippen molar-refractivity contribution in [2.24, 2.45) is 5.92 Å². The van der Waals surface area contributed by atoms with E-state index in [9.17, 15) is 4.79 Å². The van der Waals surface area contributed by atoms with Gasteiger partial charge in [-0.3, -0.25) is 4.79 Å². The first kappa shape index (κ1) is 16.4. The summed E-state index contributed by atoms with van der Waals surface area (Å²) in [6, 6.07) is 7.65. The number of methoxy groups -OCH3 is 1. The van der Waals surface area contributed by atoms with Crippen molar-refractivity contribution in [3.63, 3.8) is 0 Å². The summed E-state index contributed by atoms with van der Waals surface area (Å²) < 4.78 is 12.7. The summed E-state index contributed by atoms with van der Waals surface area (Å²) in [5.74, 6) is 1.72. The SMILES string of the molecule is COc1ccc2c(c1)OC[C@H](CNC(=O)c1cnc3ccnn3c1C)C2. The van der Waals surface area contributed by atoms with Crippen molar-refractivity contribution < 1.29 is 14.3 Å². The Hall–Kier alpha value is -3.09. The average molecular weight is 352 g/mol. The number of amides is 1. The van der Waals surface area contributed by atoms with Crippen molar-refractivity contribution in [3.8, 4) is 11.5 Å². The normalized spacial score (nSPS) is 16.0. The number of benzene rings is 1. The van der Waals surface area contributed by atoms with E-state index in [4.69, 9.17) is 9.47 Å². The molecule has 0 aliphatic carbocycles. The van der Waals surface area contributed by atoms with Crippen molar-refractivity contribution in [3.05, 3.63) is 53.5 Å². The van der Waals surface area contributed by atoms with E-state index < -0.39 is 0 Å². The van der Waals surface area contributed by atoms with Crippen LogP contribution in [0.15, 0.2) is 36.7 Å². The van der Waals surface area contributed by atoms with Crippen LogP contribution in [0.4, 0.5) is 0 Å². The molecule has 1 N–H and O–H groups in total. The van der Waals surface area contributed by atoms with Gasteiger partial charge in [0.05, 0.1) is 31.2 Å². The summed E-state index contributed by atoms with van der Waals surface area (Å²) in [6.45, 7) is 2.97. The molecular weight excluding hydrogens is 332 g/mol. The molecule has 3 aromatic rings. The Balaban J connectivity index is 1.42. The number of carbonyl (C=O) groups is 1. The van der Waals surface area contributed by atoms with Gasteiger partial charge in [0.1, 0.15) is 11.5 Å². The van der Waals surface area contributed by atoms with Crippen LogP contribution in [0.5, 0.6) is 11.5 Å². The summed E-state index contributed by atoms with van der Waals surface area (Å²) in [4.78, 5) is 16.8. The lowest BCUT2D eigenvalue weighted by Gasteiger charge is -2.26. The fraction of sp³-hybridized carbons (Fsp3) is 0.316. The summed E-state index contributed by atoms with van der Waals surface area (Å²) in [7, 11) is 1.64. The highest BCUT2D eigenvalue weighted by atomic mass is 16.5. The standard InChI is InChI=1S/C19H20N4O3/c1-12-16(10-20-18-5-6-22-23(12)18)19(24)21-9-13-7-14-3-4-15(25-2)8-17(14)26-11-13/h3-6,8,10,13H,7,9,11H2,1-2H3,(H,21,24)/t13-/m0/s1. The predicted octanol–water partition coefficient (Wildman–Crippen LogP) is 2.03. The Morgan fingerprint density at radius 1 is 1.42 bits per heavy atom. The number of hydrogen-bond donors (Lipinski definition) is 1. The molecule has 7 nitrogen and oxygen atoms in total. The number of nitrogens with zero attached hydrogens (tertiary/aromatic N) is 3. The molecule has 0 radical (unpaired) electrons. The third-order valence-electron chi connectivity index (χ3n) is 4.71. The van der Waals surface area contributed by atoms with Gasteiger partial charge in [-0.1, -0.05) is 6.07 Å². The topological polar surface area (TPSA) is 77.8 Å². The fourth-order valence-corrected chi connectivity index (χ4v) is 3.22. The molecule has 0 saturated heterocycles. The van der Waals surface area contributed by atoms with Crippen LogP contribution in [0.1, 0.15) is 21.6 Å². The summed E-state index contributed by atoms with van der Waals surface area (Å²) in [5, 5.41) is 7.19. The molecule has 3 heterocycles. The molecule has 1 atom stereocenters. The third kappa shape index (κ3) is 2.96. The van der Waals surface area contributed by atoms with E-state index >= 15 is 0 Å².